The van der Waals surface area contributed by atoms with E-state index in [2.05, 4.69) is 0 Å². The lowest BCUT2D eigenvalue weighted by atomic mass is 10.2. The molecule has 0 spiro atoms. The van der Waals surface area contributed by atoms with Gasteiger partial charge < -0.3 is 24.1 Å². The molecular formula is C16H18O6. The highest BCUT2D eigenvalue weighted by atomic mass is 16.5. The average molecular weight is 306 g/mol. The van der Waals surface area contributed by atoms with Crippen molar-refractivity contribution >= 4 is 11.0 Å². The molecule has 2 aromatic rings. The van der Waals surface area contributed by atoms with E-state index in [-0.39, 0.29) is 42.3 Å². The van der Waals surface area contributed by atoms with E-state index in [4.69, 9.17) is 19.0 Å². The van der Waals surface area contributed by atoms with Crippen molar-refractivity contribution in [3.05, 3.63) is 40.3 Å². The number of aliphatic hydroxyl groups is 1. The zero-order valence-electron chi connectivity index (χ0n) is 12.5. The number of hydrogen-bond acceptors (Lipinski definition) is 6. The minimum absolute atomic E-state index is 0.0611. The predicted octanol–water partition coefficient (Wildman–Crippen LogP) is 2.21. The highest BCUT2D eigenvalue weighted by Gasteiger charge is 2.18. The van der Waals surface area contributed by atoms with Crippen molar-refractivity contribution in [3.63, 3.8) is 0 Å². The molecule has 0 aliphatic heterocycles. The van der Waals surface area contributed by atoms with Gasteiger partial charge in [-0.3, -0.25) is 0 Å². The topological polar surface area (TPSA) is 89.1 Å². The third kappa shape index (κ3) is 3.40. The first-order valence-corrected chi connectivity index (χ1v) is 6.83. The summed E-state index contributed by atoms with van der Waals surface area (Å²) in [7, 11) is 0. The molecule has 6 heteroatoms. The van der Waals surface area contributed by atoms with E-state index in [0.717, 1.165) is 5.57 Å². The lowest BCUT2D eigenvalue weighted by molar-refractivity contribution is 0.202. The van der Waals surface area contributed by atoms with E-state index in [1.165, 1.54) is 0 Å². The Kier molecular flexibility index (Phi) is 5.06. The Morgan fingerprint density at radius 1 is 1.32 bits per heavy atom. The SMILES string of the molecule is CC(C)=CCOc1c(O)c2c(OCCO)cccc2oc1=O. The van der Waals surface area contributed by atoms with Gasteiger partial charge in [-0.2, -0.15) is 0 Å². The number of rotatable bonds is 6. The van der Waals surface area contributed by atoms with E-state index in [0.29, 0.717) is 5.75 Å². The molecule has 2 rings (SSSR count). The Morgan fingerprint density at radius 2 is 2.09 bits per heavy atom. The average Bonchev–Trinajstić information content (AvgIpc) is 2.47. The van der Waals surface area contributed by atoms with E-state index in [1.54, 1.807) is 24.3 Å². The van der Waals surface area contributed by atoms with Gasteiger partial charge in [0.1, 0.15) is 29.9 Å². The van der Waals surface area contributed by atoms with E-state index >= 15 is 0 Å². The van der Waals surface area contributed by atoms with Crippen LogP contribution in [0.4, 0.5) is 0 Å². The lowest BCUT2D eigenvalue weighted by Crippen LogP contribution is -2.08. The summed E-state index contributed by atoms with van der Waals surface area (Å²) < 4.78 is 15.8. The van der Waals surface area contributed by atoms with Gasteiger partial charge in [0.25, 0.3) is 0 Å². The van der Waals surface area contributed by atoms with Crippen LogP contribution in [-0.2, 0) is 0 Å². The Bertz CT molecular complexity index is 740. The van der Waals surface area contributed by atoms with Crippen molar-refractivity contribution in [1.29, 1.82) is 0 Å². The highest BCUT2D eigenvalue weighted by Crippen LogP contribution is 2.37. The van der Waals surface area contributed by atoms with Crippen LogP contribution in [-0.4, -0.2) is 30.0 Å². The minimum Gasteiger partial charge on any atom is -0.503 e. The van der Waals surface area contributed by atoms with Crippen LogP contribution in [0.2, 0.25) is 0 Å². The van der Waals surface area contributed by atoms with Crippen LogP contribution in [0, 0.1) is 0 Å². The van der Waals surface area contributed by atoms with Crippen LogP contribution in [0.1, 0.15) is 13.8 Å². The monoisotopic (exact) mass is 306 g/mol. The van der Waals surface area contributed by atoms with Gasteiger partial charge in [0.05, 0.1) is 6.61 Å². The molecule has 0 aliphatic rings. The summed E-state index contributed by atoms with van der Waals surface area (Å²) in [5.74, 6) is -0.285. The molecule has 1 aromatic carbocycles. The molecule has 6 nitrogen and oxygen atoms in total. The number of aliphatic hydroxyl groups excluding tert-OH is 1. The number of aromatic hydroxyl groups is 1. The molecule has 22 heavy (non-hydrogen) atoms. The number of benzene rings is 1. The van der Waals surface area contributed by atoms with Crippen LogP contribution in [0.5, 0.6) is 17.2 Å². The maximum absolute atomic E-state index is 11.9. The van der Waals surface area contributed by atoms with E-state index < -0.39 is 5.63 Å². The molecule has 0 amide bonds. The maximum atomic E-state index is 11.9. The molecule has 1 aromatic heterocycles. The van der Waals surface area contributed by atoms with Crippen LogP contribution in [0.3, 0.4) is 0 Å². The van der Waals surface area contributed by atoms with E-state index in [1.807, 2.05) is 13.8 Å². The summed E-state index contributed by atoms with van der Waals surface area (Å²) >= 11 is 0. The molecule has 1 heterocycles. The third-order valence-electron chi connectivity index (χ3n) is 2.90. The molecule has 0 fully saturated rings. The Morgan fingerprint density at radius 3 is 2.77 bits per heavy atom. The summed E-state index contributed by atoms with van der Waals surface area (Å²) in [6.45, 7) is 3.83. The third-order valence-corrected chi connectivity index (χ3v) is 2.90. The van der Waals surface area contributed by atoms with Crippen molar-refractivity contribution < 1.29 is 24.1 Å². The summed E-state index contributed by atoms with van der Waals surface area (Å²) in [5.41, 5.74) is 0.454. The first-order chi connectivity index (χ1) is 10.5. The van der Waals surface area contributed by atoms with Crippen LogP contribution < -0.4 is 15.1 Å². The zero-order valence-corrected chi connectivity index (χ0v) is 12.5. The standard InChI is InChI=1S/C16H18O6/c1-10(2)6-8-21-15-14(18)13-11(20-9-7-17)4-3-5-12(13)22-16(15)19/h3-6,17-18H,7-9H2,1-2H3. The van der Waals surface area contributed by atoms with Gasteiger partial charge in [-0.05, 0) is 32.1 Å². The molecule has 0 bridgehead atoms. The highest BCUT2D eigenvalue weighted by molar-refractivity contribution is 5.91. The first kappa shape index (κ1) is 15.9. The molecule has 0 atom stereocenters. The second-order valence-corrected chi connectivity index (χ2v) is 4.86. The largest absolute Gasteiger partial charge is 0.503 e. The summed E-state index contributed by atoms with van der Waals surface area (Å²) in [4.78, 5) is 11.9. The fourth-order valence-corrected chi connectivity index (χ4v) is 1.88. The first-order valence-electron chi connectivity index (χ1n) is 6.83. The van der Waals surface area contributed by atoms with Crippen molar-refractivity contribution in [2.24, 2.45) is 0 Å². The molecule has 0 saturated carbocycles. The van der Waals surface area contributed by atoms with E-state index in [9.17, 15) is 9.90 Å². The summed E-state index contributed by atoms with van der Waals surface area (Å²) in [6, 6.07) is 4.78. The Balaban J connectivity index is 2.49. The van der Waals surface area contributed by atoms with Crippen molar-refractivity contribution in [2.45, 2.75) is 13.8 Å². The van der Waals surface area contributed by atoms with Gasteiger partial charge in [0.15, 0.2) is 5.75 Å². The summed E-state index contributed by atoms with van der Waals surface area (Å²) in [5, 5.41) is 19.4. The smallest absolute Gasteiger partial charge is 0.383 e. The molecule has 0 aliphatic carbocycles. The van der Waals surface area contributed by atoms with Crippen LogP contribution >= 0.6 is 0 Å². The normalized spacial score (nSPS) is 10.5. The molecule has 0 radical (unpaired) electrons. The Labute approximate surface area is 127 Å². The number of allylic oxidation sites excluding steroid dienone is 1. The minimum atomic E-state index is -0.758. The van der Waals surface area contributed by atoms with Gasteiger partial charge >= 0.3 is 5.63 Å². The van der Waals surface area contributed by atoms with Crippen molar-refractivity contribution in [3.8, 4) is 17.2 Å². The summed E-state index contributed by atoms with van der Waals surface area (Å²) in [6.07, 6.45) is 1.78. The molecule has 0 saturated heterocycles. The second-order valence-electron chi connectivity index (χ2n) is 4.86. The molecular weight excluding hydrogens is 288 g/mol. The van der Waals surface area contributed by atoms with Gasteiger partial charge in [-0.1, -0.05) is 11.6 Å². The van der Waals surface area contributed by atoms with Gasteiger partial charge in [0.2, 0.25) is 5.75 Å². The van der Waals surface area contributed by atoms with Gasteiger partial charge in [0, 0.05) is 0 Å². The molecule has 0 unspecified atom stereocenters. The van der Waals surface area contributed by atoms with Crippen LogP contribution in [0.25, 0.3) is 11.0 Å². The fraction of sp³-hybridized carbons (Fsp3) is 0.312. The quantitative estimate of drug-likeness (QED) is 0.628. The van der Waals surface area contributed by atoms with Crippen molar-refractivity contribution in [1.82, 2.24) is 0 Å². The lowest BCUT2D eigenvalue weighted by Gasteiger charge is -2.11. The van der Waals surface area contributed by atoms with Gasteiger partial charge in [-0.15, -0.1) is 0 Å². The molecule has 118 valence electrons. The van der Waals surface area contributed by atoms with Crippen molar-refractivity contribution in [2.75, 3.05) is 19.8 Å². The zero-order chi connectivity index (χ0) is 16.1. The van der Waals surface area contributed by atoms with Crippen LogP contribution in [0.15, 0.2) is 39.1 Å². The van der Waals surface area contributed by atoms with Gasteiger partial charge in [-0.25, -0.2) is 4.79 Å². The second kappa shape index (κ2) is 7.00. The molecule has 2 N–H and O–H groups in total. The Hall–Kier alpha value is -2.47. The number of ether oxygens (including phenoxy) is 2. The predicted molar refractivity (Wildman–Crippen MR) is 81.7 cm³/mol. The maximum Gasteiger partial charge on any atom is 0.383 e. The number of fused-ring (bicyclic) bond motifs is 1. The number of hydrogen-bond donors (Lipinski definition) is 2. The fourth-order valence-electron chi connectivity index (χ4n) is 1.88.